The van der Waals surface area contributed by atoms with Gasteiger partial charge in [0.2, 0.25) is 0 Å². The van der Waals surface area contributed by atoms with Gasteiger partial charge in [-0.05, 0) is 0 Å². The number of nitrogens with zero attached hydrogens (tertiary/aromatic N) is 1. The molecule has 0 aliphatic carbocycles. The Morgan fingerprint density at radius 3 is 2.53 bits per heavy atom. The summed E-state index contributed by atoms with van der Waals surface area (Å²) in [5.74, 6) is -0.539. The topological polar surface area (TPSA) is 139 Å². The summed E-state index contributed by atoms with van der Waals surface area (Å²) in [6.07, 6.45) is 0. The van der Waals surface area contributed by atoms with E-state index in [1.54, 1.807) is 0 Å². The second-order valence-electron chi connectivity index (χ2n) is 3.65. The first-order chi connectivity index (χ1) is 8.70. The summed E-state index contributed by atoms with van der Waals surface area (Å²) in [6.45, 7) is 2.39. The van der Waals surface area contributed by atoms with E-state index in [9.17, 15) is 22.7 Å². The summed E-state index contributed by atoms with van der Waals surface area (Å²) < 4.78 is 24.4. The number of anilines is 1. The van der Waals surface area contributed by atoms with Crippen molar-refractivity contribution in [1.29, 1.82) is 0 Å². The summed E-state index contributed by atoms with van der Waals surface area (Å²) in [4.78, 5) is 21.0. The zero-order chi connectivity index (χ0) is 14.8. The van der Waals surface area contributed by atoms with Gasteiger partial charge in [-0.3, -0.25) is 0 Å². The van der Waals surface area contributed by atoms with Gasteiger partial charge >= 0.3 is 109 Å². The molecule has 9 nitrogen and oxygen atoms in total. The maximum atomic E-state index is 11.8. The van der Waals surface area contributed by atoms with Crippen molar-refractivity contribution in [1.82, 2.24) is 0 Å². The van der Waals surface area contributed by atoms with Crippen molar-refractivity contribution in [2.75, 3.05) is 5.32 Å². The molecule has 1 aromatic carbocycles. The molecule has 1 unspecified atom stereocenters. The molecule has 1 amide bonds. The Hall–Kier alpha value is -1.67. The molecule has 104 valence electrons. The third-order valence-corrected chi connectivity index (χ3v) is 5.16. The van der Waals surface area contributed by atoms with E-state index < -0.39 is 35.0 Å². The fraction of sp³-hybridized carbons (Fsp3) is 0.222. The van der Waals surface area contributed by atoms with Gasteiger partial charge < -0.3 is 0 Å². The molecule has 0 fully saturated rings. The van der Waals surface area contributed by atoms with Crippen LogP contribution >= 0.6 is 0 Å². The van der Waals surface area contributed by atoms with Gasteiger partial charge in [-0.25, -0.2) is 0 Å². The van der Waals surface area contributed by atoms with Crippen LogP contribution in [0.5, 0.6) is 0 Å². The van der Waals surface area contributed by atoms with Gasteiger partial charge in [0, 0.05) is 0 Å². The molecule has 10 heteroatoms. The molecule has 3 N–H and O–H groups in total. The molecule has 0 bridgehead atoms. The van der Waals surface area contributed by atoms with Crippen LogP contribution in [0.1, 0.15) is 12.5 Å². The van der Waals surface area contributed by atoms with E-state index >= 15 is 0 Å². The number of hydrogen-bond donors (Lipinski definition) is 3. The number of benzene rings is 1. The van der Waals surface area contributed by atoms with E-state index in [1.165, 1.54) is 6.92 Å². The monoisotopic (exact) mass is 334 g/mol. The van der Waals surface area contributed by atoms with Crippen LogP contribution in [0.4, 0.5) is 11.4 Å². The molecule has 0 aromatic heterocycles. The maximum absolute atomic E-state index is 11.8. The van der Waals surface area contributed by atoms with E-state index in [0.717, 1.165) is 19.1 Å². The number of carbonyl (C=O) groups is 1. The van der Waals surface area contributed by atoms with E-state index in [2.05, 4.69) is 9.19 Å². The molecular weight excluding hydrogens is 323 g/mol. The van der Waals surface area contributed by atoms with E-state index in [4.69, 9.17) is 5.26 Å². The summed E-state index contributed by atoms with van der Waals surface area (Å²) >= 11 is -5.37. The predicted molar refractivity (Wildman–Crippen MR) is 64.1 cm³/mol. The van der Waals surface area contributed by atoms with Crippen LogP contribution in [0, 0.1) is 17.0 Å². The van der Waals surface area contributed by atoms with Gasteiger partial charge in [0.1, 0.15) is 0 Å². The molecule has 1 atom stereocenters. The Labute approximate surface area is 110 Å². The fourth-order valence-electron chi connectivity index (χ4n) is 1.58. The Morgan fingerprint density at radius 2 is 2.11 bits per heavy atom. The number of amides is 1. The molecule has 0 aliphatic rings. The van der Waals surface area contributed by atoms with Gasteiger partial charge in [0.05, 0.1) is 0 Å². The van der Waals surface area contributed by atoms with E-state index in [1.807, 2.05) is 0 Å². The molecule has 0 heterocycles. The third kappa shape index (κ3) is 3.21. The molecular formula is C9H11AsN2O7. The Morgan fingerprint density at radius 1 is 1.53 bits per heavy atom. The SMILES string of the molecule is CC(=O)Nc1ccc([N+](=O)[O-])c(C)c1[As](=O)(O)OO. The summed E-state index contributed by atoms with van der Waals surface area (Å²) in [5, 5.41) is 21.5. The number of carbonyl (C=O) groups excluding carboxylic acids is 1. The van der Waals surface area contributed by atoms with Gasteiger partial charge in [-0.2, -0.15) is 0 Å². The third-order valence-electron chi connectivity index (χ3n) is 2.30. The van der Waals surface area contributed by atoms with Crippen LogP contribution in [0.25, 0.3) is 0 Å². The second-order valence-corrected chi connectivity index (χ2v) is 7.11. The van der Waals surface area contributed by atoms with Crippen LogP contribution in [0.2, 0.25) is 0 Å². The predicted octanol–water partition coefficient (Wildman–Crippen LogP) is -0.0801. The fourth-order valence-corrected chi connectivity index (χ4v) is 3.80. The standard InChI is InChI=1S/C9H11AsN2O7/c1-5-8(12(16)17)4-3-7(11-6(2)13)9(5)10(14,15)19-18/h3-4,18H,1-2H3,(H,11,13)(H,14,15). The number of hydrogen-bond acceptors (Lipinski definition) is 6. The Balaban J connectivity index is 3.60. The van der Waals surface area contributed by atoms with Crippen molar-refractivity contribution >= 4 is 35.8 Å². The van der Waals surface area contributed by atoms with Crippen molar-refractivity contribution in [2.24, 2.45) is 0 Å². The average Bonchev–Trinajstić information content (AvgIpc) is 2.27. The van der Waals surface area contributed by atoms with Crippen molar-refractivity contribution < 1.29 is 26.7 Å². The van der Waals surface area contributed by atoms with Gasteiger partial charge in [0.25, 0.3) is 0 Å². The molecule has 0 saturated carbocycles. The van der Waals surface area contributed by atoms with Crippen LogP contribution in [-0.4, -0.2) is 34.4 Å². The Bertz CT molecular complexity index is 586. The minimum absolute atomic E-state index is 0.116. The zero-order valence-electron chi connectivity index (χ0n) is 9.98. The van der Waals surface area contributed by atoms with E-state index in [-0.39, 0.29) is 11.3 Å². The zero-order valence-corrected chi connectivity index (χ0v) is 11.9. The van der Waals surface area contributed by atoms with E-state index in [0.29, 0.717) is 0 Å². The number of nitrogens with one attached hydrogen (secondary N) is 1. The van der Waals surface area contributed by atoms with Crippen molar-refractivity contribution in [3.63, 3.8) is 0 Å². The minimum atomic E-state index is -5.37. The molecule has 19 heavy (non-hydrogen) atoms. The first kappa shape index (κ1) is 15.4. The molecule has 0 spiro atoms. The van der Waals surface area contributed by atoms with Crippen molar-refractivity contribution in [3.8, 4) is 0 Å². The molecule has 1 aromatic rings. The average molecular weight is 334 g/mol. The summed E-state index contributed by atoms with van der Waals surface area (Å²) in [5.41, 5.74) is -0.693. The normalized spacial score (nSPS) is 13.7. The summed E-state index contributed by atoms with van der Waals surface area (Å²) in [7, 11) is 0. The summed E-state index contributed by atoms with van der Waals surface area (Å²) in [6, 6.07) is 2.18. The molecule has 0 aliphatic heterocycles. The van der Waals surface area contributed by atoms with Crippen LogP contribution < -0.4 is 9.67 Å². The van der Waals surface area contributed by atoms with Gasteiger partial charge in [-0.15, -0.1) is 0 Å². The van der Waals surface area contributed by atoms with Gasteiger partial charge in [-0.1, -0.05) is 0 Å². The molecule has 1 rings (SSSR count). The number of nitro benzene ring substituents is 1. The second kappa shape index (κ2) is 5.53. The first-order valence-electron chi connectivity index (χ1n) is 4.92. The first-order valence-corrected chi connectivity index (χ1v) is 8.23. The number of rotatable bonds is 4. The quantitative estimate of drug-likeness (QED) is 0.303. The molecule has 0 saturated heterocycles. The number of nitro groups is 1. The Kier molecular flexibility index (Phi) is 4.48. The van der Waals surface area contributed by atoms with Crippen LogP contribution in [0.3, 0.4) is 0 Å². The van der Waals surface area contributed by atoms with Crippen molar-refractivity contribution in [2.45, 2.75) is 13.8 Å². The van der Waals surface area contributed by atoms with Crippen molar-refractivity contribution in [3.05, 3.63) is 27.8 Å². The van der Waals surface area contributed by atoms with Crippen LogP contribution in [0.15, 0.2) is 12.1 Å². The van der Waals surface area contributed by atoms with Gasteiger partial charge in [0.15, 0.2) is 0 Å². The van der Waals surface area contributed by atoms with Crippen LogP contribution in [-0.2, 0) is 12.4 Å². The molecule has 0 radical (unpaired) electrons.